The highest BCUT2D eigenvalue weighted by Gasteiger charge is 2.08. The molecular weight excluding hydrogens is 250 g/mol. The molecule has 0 bridgehead atoms. The van der Waals surface area contributed by atoms with E-state index in [4.69, 9.17) is 0 Å². The molecule has 0 saturated carbocycles. The van der Waals surface area contributed by atoms with Crippen LogP contribution in [0.2, 0.25) is 0 Å². The molecule has 0 unspecified atom stereocenters. The van der Waals surface area contributed by atoms with Crippen molar-refractivity contribution in [1.29, 1.82) is 0 Å². The van der Waals surface area contributed by atoms with Crippen LogP contribution in [-0.4, -0.2) is 22.4 Å². The van der Waals surface area contributed by atoms with Crippen molar-refractivity contribution in [2.45, 2.75) is 40.0 Å². The van der Waals surface area contributed by atoms with Crippen LogP contribution in [0.5, 0.6) is 0 Å². The molecule has 0 aliphatic carbocycles. The molecular formula is C16H23N3O. The first-order chi connectivity index (χ1) is 9.47. The van der Waals surface area contributed by atoms with Gasteiger partial charge in [0.15, 0.2) is 0 Å². The zero-order chi connectivity index (χ0) is 14.7. The van der Waals surface area contributed by atoms with Gasteiger partial charge in [0.1, 0.15) is 5.82 Å². The molecule has 1 amide bonds. The Kier molecular flexibility index (Phi) is 4.42. The Bertz CT molecular complexity index is 599. The number of nitrogens with zero attached hydrogens (tertiary/aromatic N) is 1. The van der Waals surface area contributed by atoms with Crippen molar-refractivity contribution < 1.29 is 4.79 Å². The van der Waals surface area contributed by atoms with E-state index in [-0.39, 0.29) is 11.8 Å². The van der Waals surface area contributed by atoms with Crippen molar-refractivity contribution in [2.24, 2.45) is 5.92 Å². The van der Waals surface area contributed by atoms with E-state index in [9.17, 15) is 4.79 Å². The predicted octanol–water partition coefficient (Wildman–Crippen LogP) is 3.00. The molecule has 1 heterocycles. The van der Waals surface area contributed by atoms with Gasteiger partial charge in [-0.2, -0.15) is 0 Å². The van der Waals surface area contributed by atoms with Gasteiger partial charge in [-0.15, -0.1) is 0 Å². The topological polar surface area (TPSA) is 57.8 Å². The summed E-state index contributed by atoms with van der Waals surface area (Å²) < 4.78 is 0. The molecule has 0 spiro atoms. The first-order valence-electron chi connectivity index (χ1n) is 7.23. The Hall–Kier alpha value is -1.84. The van der Waals surface area contributed by atoms with E-state index in [1.807, 2.05) is 19.9 Å². The van der Waals surface area contributed by atoms with E-state index in [1.54, 1.807) is 0 Å². The average Bonchev–Trinajstić information content (AvgIpc) is 2.81. The third-order valence-corrected chi connectivity index (χ3v) is 3.35. The number of carbonyl (C=O) groups excluding carboxylic acids is 1. The van der Waals surface area contributed by atoms with Gasteiger partial charge < -0.3 is 10.3 Å². The molecule has 4 heteroatoms. The first kappa shape index (κ1) is 14.6. The van der Waals surface area contributed by atoms with E-state index >= 15 is 0 Å². The Balaban J connectivity index is 2.02. The maximum atomic E-state index is 11.5. The molecule has 4 nitrogen and oxygen atoms in total. The highest BCUT2D eigenvalue weighted by molar-refractivity contribution is 5.78. The summed E-state index contributed by atoms with van der Waals surface area (Å²) in [6.07, 6.45) is 0.838. The molecule has 2 N–H and O–H groups in total. The van der Waals surface area contributed by atoms with Gasteiger partial charge in [-0.05, 0) is 24.1 Å². The van der Waals surface area contributed by atoms with Gasteiger partial charge in [-0.25, -0.2) is 4.98 Å². The van der Waals surface area contributed by atoms with Crippen molar-refractivity contribution in [3.63, 3.8) is 0 Å². The number of carbonyl (C=O) groups is 1. The summed E-state index contributed by atoms with van der Waals surface area (Å²) in [5.74, 6) is 1.56. The van der Waals surface area contributed by atoms with Crippen LogP contribution in [0.25, 0.3) is 11.0 Å². The summed E-state index contributed by atoms with van der Waals surface area (Å²) in [6, 6.07) is 6.24. The van der Waals surface area contributed by atoms with Gasteiger partial charge in [-0.1, -0.05) is 33.8 Å². The largest absolute Gasteiger partial charge is 0.356 e. The number of hydrogen-bond donors (Lipinski definition) is 2. The Morgan fingerprint density at radius 1 is 1.30 bits per heavy atom. The van der Waals surface area contributed by atoms with Crippen molar-refractivity contribution in [2.75, 3.05) is 6.54 Å². The lowest BCUT2D eigenvalue weighted by molar-refractivity contribution is -0.123. The number of hydrogen-bond acceptors (Lipinski definition) is 2. The van der Waals surface area contributed by atoms with Gasteiger partial charge in [0.05, 0.1) is 11.0 Å². The first-order valence-corrected chi connectivity index (χ1v) is 7.23. The second-order valence-corrected chi connectivity index (χ2v) is 5.82. The molecule has 0 aliphatic rings. The Labute approximate surface area is 120 Å². The summed E-state index contributed by atoms with van der Waals surface area (Å²) in [7, 11) is 0. The minimum absolute atomic E-state index is 0.0405. The van der Waals surface area contributed by atoms with Crippen LogP contribution in [0.3, 0.4) is 0 Å². The lowest BCUT2D eigenvalue weighted by Crippen LogP contribution is -2.29. The molecule has 20 heavy (non-hydrogen) atoms. The van der Waals surface area contributed by atoms with Gasteiger partial charge in [-0.3, -0.25) is 4.79 Å². The fourth-order valence-corrected chi connectivity index (χ4v) is 2.04. The van der Waals surface area contributed by atoms with Crippen LogP contribution in [0.4, 0.5) is 0 Å². The monoisotopic (exact) mass is 273 g/mol. The number of benzene rings is 1. The summed E-state index contributed by atoms with van der Waals surface area (Å²) in [6.45, 7) is 8.73. The molecule has 1 aromatic carbocycles. The van der Waals surface area contributed by atoms with E-state index < -0.39 is 0 Å². The van der Waals surface area contributed by atoms with E-state index in [1.165, 1.54) is 5.56 Å². The SMILES string of the molecule is CC(C)C(=O)NCCc1ccc2nc(C(C)C)[nH]c2c1. The van der Waals surface area contributed by atoms with E-state index in [2.05, 4.69) is 41.3 Å². The number of aromatic nitrogens is 2. The number of amides is 1. The minimum atomic E-state index is 0.0405. The molecule has 0 saturated heterocycles. The fourth-order valence-electron chi connectivity index (χ4n) is 2.04. The van der Waals surface area contributed by atoms with Gasteiger partial charge >= 0.3 is 0 Å². The molecule has 0 radical (unpaired) electrons. The number of imidazole rings is 1. The third kappa shape index (κ3) is 3.38. The molecule has 2 rings (SSSR count). The zero-order valence-corrected chi connectivity index (χ0v) is 12.7. The van der Waals surface area contributed by atoms with Crippen molar-refractivity contribution in [3.8, 4) is 0 Å². The van der Waals surface area contributed by atoms with Crippen LogP contribution < -0.4 is 5.32 Å². The van der Waals surface area contributed by atoms with Crippen molar-refractivity contribution >= 4 is 16.9 Å². The maximum absolute atomic E-state index is 11.5. The van der Waals surface area contributed by atoms with Crippen LogP contribution in [0, 0.1) is 5.92 Å². The van der Waals surface area contributed by atoms with Crippen molar-refractivity contribution in [3.05, 3.63) is 29.6 Å². The highest BCUT2D eigenvalue weighted by Crippen LogP contribution is 2.18. The van der Waals surface area contributed by atoms with Crippen LogP contribution in [0.1, 0.15) is 45.0 Å². The predicted molar refractivity (Wildman–Crippen MR) is 81.7 cm³/mol. The number of fused-ring (bicyclic) bond motifs is 1. The molecule has 0 aliphatic heterocycles. The van der Waals surface area contributed by atoms with Crippen LogP contribution >= 0.6 is 0 Å². The van der Waals surface area contributed by atoms with Gasteiger partial charge in [0.25, 0.3) is 0 Å². The van der Waals surface area contributed by atoms with E-state index in [0.717, 1.165) is 23.3 Å². The summed E-state index contributed by atoms with van der Waals surface area (Å²) in [4.78, 5) is 19.4. The molecule has 1 aromatic heterocycles. The van der Waals surface area contributed by atoms with Gasteiger partial charge in [0.2, 0.25) is 5.91 Å². The summed E-state index contributed by atoms with van der Waals surface area (Å²) >= 11 is 0. The quantitative estimate of drug-likeness (QED) is 0.879. The summed E-state index contributed by atoms with van der Waals surface area (Å²) in [5.41, 5.74) is 3.28. The minimum Gasteiger partial charge on any atom is -0.356 e. The second-order valence-electron chi connectivity index (χ2n) is 5.82. The lowest BCUT2D eigenvalue weighted by Gasteiger charge is -2.07. The Morgan fingerprint density at radius 2 is 2.05 bits per heavy atom. The van der Waals surface area contributed by atoms with Crippen LogP contribution in [0.15, 0.2) is 18.2 Å². The van der Waals surface area contributed by atoms with Gasteiger partial charge in [0, 0.05) is 18.4 Å². The highest BCUT2D eigenvalue weighted by atomic mass is 16.1. The number of H-pyrrole nitrogens is 1. The molecule has 108 valence electrons. The van der Waals surface area contributed by atoms with Crippen LogP contribution in [-0.2, 0) is 11.2 Å². The number of nitrogens with one attached hydrogen (secondary N) is 2. The van der Waals surface area contributed by atoms with E-state index in [0.29, 0.717) is 12.5 Å². The maximum Gasteiger partial charge on any atom is 0.222 e. The Morgan fingerprint density at radius 3 is 2.70 bits per heavy atom. The molecule has 0 fully saturated rings. The average molecular weight is 273 g/mol. The molecule has 0 atom stereocenters. The smallest absolute Gasteiger partial charge is 0.222 e. The van der Waals surface area contributed by atoms with Crippen molar-refractivity contribution in [1.82, 2.24) is 15.3 Å². The zero-order valence-electron chi connectivity index (χ0n) is 12.7. The normalized spacial score (nSPS) is 11.5. The standard InChI is InChI=1S/C16H23N3O/c1-10(2)15-18-13-6-5-12(9-14(13)19-15)7-8-17-16(20)11(3)4/h5-6,9-11H,7-8H2,1-4H3,(H,17,20)(H,18,19). The molecule has 2 aromatic rings. The number of rotatable bonds is 5. The fraction of sp³-hybridized carbons (Fsp3) is 0.500. The number of aromatic amines is 1. The second kappa shape index (κ2) is 6.07. The third-order valence-electron chi connectivity index (χ3n) is 3.35. The summed E-state index contributed by atoms with van der Waals surface area (Å²) in [5, 5.41) is 2.94. The lowest BCUT2D eigenvalue weighted by atomic mass is 10.1.